The molecular weight excluding hydrogens is 292 g/mol. The number of aromatic amines is 1. The lowest BCUT2D eigenvalue weighted by Gasteiger charge is -2.44. The number of para-hydroxylation sites is 1. The first-order valence-corrected chi connectivity index (χ1v) is 8.20. The Bertz CT molecular complexity index is 692. The number of nitrogens with one attached hydrogen (secondary N) is 2. The van der Waals surface area contributed by atoms with E-state index >= 15 is 0 Å². The first kappa shape index (κ1) is 14.2. The zero-order chi connectivity index (χ0) is 15.7. The van der Waals surface area contributed by atoms with Gasteiger partial charge >= 0.3 is 0 Å². The summed E-state index contributed by atoms with van der Waals surface area (Å²) >= 11 is 0. The molecule has 120 valence electrons. The molecule has 23 heavy (non-hydrogen) atoms. The summed E-state index contributed by atoms with van der Waals surface area (Å²) in [7, 11) is 0. The second kappa shape index (κ2) is 5.68. The molecular formula is C17H20N4O2. The van der Waals surface area contributed by atoms with Crippen molar-refractivity contribution in [2.75, 3.05) is 0 Å². The molecule has 0 unspecified atom stereocenters. The number of benzene rings is 1. The molecule has 1 saturated carbocycles. The largest absolute Gasteiger partial charge is 0.487 e. The molecule has 1 aliphatic carbocycles. The number of rotatable bonds is 2. The molecule has 2 aromatic rings. The van der Waals surface area contributed by atoms with E-state index in [9.17, 15) is 4.79 Å². The number of hydrogen-bond acceptors (Lipinski definition) is 4. The monoisotopic (exact) mass is 312 g/mol. The van der Waals surface area contributed by atoms with Crippen LogP contribution in [-0.2, 0) is 0 Å². The van der Waals surface area contributed by atoms with Crippen molar-refractivity contribution in [1.29, 1.82) is 0 Å². The van der Waals surface area contributed by atoms with Crippen LogP contribution in [0, 0.1) is 0 Å². The van der Waals surface area contributed by atoms with Crippen molar-refractivity contribution in [2.45, 2.75) is 50.2 Å². The van der Waals surface area contributed by atoms with E-state index in [-0.39, 0.29) is 17.6 Å². The van der Waals surface area contributed by atoms with Gasteiger partial charge in [-0.2, -0.15) is 15.4 Å². The highest BCUT2D eigenvalue weighted by Crippen LogP contribution is 2.46. The third kappa shape index (κ3) is 2.69. The second-order valence-electron chi connectivity index (χ2n) is 6.47. The van der Waals surface area contributed by atoms with E-state index < -0.39 is 0 Å². The van der Waals surface area contributed by atoms with E-state index in [4.69, 9.17) is 4.74 Å². The minimum Gasteiger partial charge on any atom is -0.487 e. The summed E-state index contributed by atoms with van der Waals surface area (Å²) in [5, 5.41) is 13.2. The number of fused-ring (bicyclic) bond motifs is 1. The highest BCUT2D eigenvalue weighted by Gasteiger charge is 2.42. The Labute approximate surface area is 134 Å². The van der Waals surface area contributed by atoms with E-state index in [1.54, 1.807) is 0 Å². The van der Waals surface area contributed by atoms with Crippen molar-refractivity contribution in [3.8, 4) is 5.75 Å². The van der Waals surface area contributed by atoms with Crippen molar-refractivity contribution in [3.63, 3.8) is 0 Å². The molecule has 2 aliphatic rings. The molecule has 1 aromatic heterocycles. The summed E-state index contributed by atoms with van der Waals surface area (Å²) < 4.78 is 6.38. The number of nitrogens with zero attached hydrogens (tertiary/aromatic N) is 2. The minimum absolute atomic E-state index is 0.0535. The topological polar surface area (TPSA) is 79.9 Å². The Hall–Kier alpha value is -2.37. The van der Waals surface area contributed by atoms with Gasteiger partial charge in [0.15, 0.2) is 5.69 Å². The zero-order valence-electron chi connectivity index (χ0n) is 12.9. The molecule has 1 fully saturated rings. The molecule has 2 heterocycles. The average molecular weight is 312 g/mol. The summed E-state index contributed by atoms with van der Waals surface area (Å²) in [6.07, 6.45) is 8.00. The number of carbonyl (C=O) groups excluding carboxylic acids is 1. The number of H-pyrrole nitrogens is 1. The van der Waals surface area contributed by atoms with Crippen LogP contribution in [0.2, 0.25) is 0 Å². The first-order chi connectivity index (χ1) is 11.3. The van der Waals surface area contributed by atoms with Crippen molar-refractivity contribution >= 4 is 5.91 Å². The minimum atomic E-state index is -0.202. The Morgan fingerprint density at radius 2 is 2.09 bits per heavy atom. The van der Waals surface area contributed by atoms with E-state index in [0.717, 1.165) is 30.6 Å². The van der Waals surface area contributed by atoms with Gasteiger partial charge in [-0.3, -0.25) is 4.79 Å². The number of amides is 1. The van der Waals surface area contributed by atoms with Crippen LogP contribution in [0.4, 0.5) is 0 Å². The maximum atomic E-state index is 12.4. The molecule has 0 bridgehead atoms. The number of ether oxygens (including phenoxy) is 1. The molecule has 4 rings (SSSR count). The van der Waals surface area contributed by atoms with Gasteiger partial charge in [0.05, 0.1) is 12.2 Å². The SMILES string of the molecule is O=C(N[C@H]1CC2(CCCCC2)Oc2ccccc21)c1cn[nH]n1. The highest BCUT2D eigenvalue weighted by molar-refractivity contribution is 5.92. The molecule has 1 aromatic carbocycles. The van der Waals surface area contributed by atoms with Crippen LogP contribution >= 0.6 is 0 Å². The van der Waals surface area contributed by atoms with Gasteiger partial charge in [-0.05, 0) is 31.7 Å². The normalized spacial score (nSPS) is 22.2. The van der Waals surface area contributed by atoms with E-state index in [1.165, 1.54) is 25.5 Å². The van der Waals surface area contributed by atoms with Crippen LogP contribution in [0.25, 0.3) is 0 Å². The Kier molecular flexibility index (Phi) is 3.52. The fourth-order valence-corrected chi connectivity index (χ4v) is 3.79. The van der Waals surface area contributed by atoms with Gasteiger partial charge in [-0.15, -0.1) is 0 Å². The lowest BCUT2D eigenvalue weighted by Crippen LogP contribution is -2.46. The molecule has 6 heteroatoms. The van der Waals surface area contributed by atoms with Gasteiger partial charge in [0.2, 0.25) is 0 Å². The molecule has 0 radical (unpaired) electrons. The fourth-order valence-electron chi connectivity index (χ4n) is 3.79. The third-order valence-corrected chi connectivity index (χ3v) is 4.91. The molecule has 1 spiro atoms. The van der Waals surface area contributed by atoms with Crippen molar-refractivity contribution in [2.24, 2.45) is 0 Å². The standard InChI is InChI=1S/C17H20N4O2/c22-16(14-11-18-21-20-14)19-13-10-17(8-4-1-5-9-17)23-15-7-3-2-6-12(13)15/h2-3,6-7,11,13H,1,4-5,8-10H2,(H,19,22)(H,18,20,21)/t13-/m0/s1. The van der Waals surface area contributed by atoms with Gasteiger partial charge in [0.1, 0.15) is 11.4 Å². The lowest BCUT2D eigenvalue weighted by molar-refractivity contribution is -0.00212. The van der Waals surface area contributed by atoms with Gasteiger partial charge in [0.25, 0.3) is 5.91 Å². The van der Waals surface area contributed by atoms with E-state index in [2.05, 4.69) is 20.7 Å². The fraction of sp³-hybridized carbons (Fsp3) is 0.471. The van der Waals surface area contributed by atoms with Crippen LogP contribution in [-0.4, -0.2) is 26.9 Å². The summed E-state index contributed by atoms with van der Waals surface area (Å²) in [6, 6.07) is 7.94. The Morgan fingerprint density at radius 3 is 2.87 bits per heavy atom. The number of hydrogen-bond donors (Lipinski definition) is 2. The molecule has 1 amide bonds. The maximum Gasteiger partial charge on any atom is 0.273 e. The van der Waals surface area contributed by atoms with Gasteiger partial charge in [0, 0.05) is 12.0 Å². The molecule has 2 N–H and O–H groups in total. The molecule has 1 atom stereocenters. The van der Waals surface area contributed by atoms with Crippen molar-refractivity contribution in [1.82, 2.24) is 20.7 Å². The highest BCUT2D eigenvalue weighted by atomic mass is 16.5. The molecule has 1 aliphatic heterocycles. The van der Waals surface area contributed by atoms with Crippen LogP contribution in [0.5, 0.6) is 5.75 Å². The van der Waals surface area contributed by atoms with Crippen LogP contribution in [0.1, 0.15) is 60.6 Å². The van der Waals surface area contributed by atoms with Crippen molar-refractivity contribution in [3.05, 3.63) is 41.7 Å². The molecule has 0 saturated heterocycles. The number of aromatic nitrogens is 3. The van der Waals surface area contributed by atoms with Crippen molar-refractivity contribution < 1.29 is 9.53 Å². The third-order valence-electron chi connectivity index (χ3n) is 4.91. The van der Waals surface area contributed by atoms with Gasteiger partial charge < -0.3 is 10.1 Å². The van der Waals surface area contributed by atoms with Crippen LogP contribution in [0.3, 0.4) is 0 Å². The average Bonchev–Trinajstić information content (AvgIpc) is 3.10. The Morgan fingerprint density at radius 1 is 1.26 bits per heavy atom. The van der Waals surface area contributed by atoms with Crippen LogP contribution < -0.4 is 10.1 Å². The first-order valence-electron chi connectivity index (χ1n) is 8.20. The summed E-state index contributed by atoms with van der Waals surface area (Å²) in [6.45, 7) is 0. The molecule has 6 nitrogen and oxygen atoms in total. The zero-order valence-corrected chi connectivity index (χ0v) is 12.9. The maximum absolute atomic E-state index is 12.4. The van der Waals surface area contributed by atoms with E-state index in [1.807, 2.05) is 24.3 Å². The predicted molar refractivity (Wildman–Crippen MR) is 84.1 cm³/mol. The lowest BCUT2D eigenvalue weighted by atomic mass is 9.77. The van der Waals surface area contributed by atoms with E-state index in [0.29, 0.717) is 5.69 Å². The quantitative estimate of drug-likeness (QED) is 0.893. The van der Waals surface area contributed by atoms with Gasteiger partial charge in [-0.1, -0.05) is 24.6 Å². The summed E-state index contributed by atoms with van der Waals surface area (Å²) in [5.74, 6) is 0.692. The van der Waals surface area contributed by atoms with Crippen LogP contribution in [0.15, 0.2) is 30.5 Å². The van der Waals surface area contributed by atoms with Gasteiger partial charge in [-0.25, -0.2) is 0 Å². The summed E-state index contributed by atoms with van der Waals surface area (Å²) in [5.41, 5.74) is 1.21. The smallest absolute Gasteiger partial charge is 0.273 e. The predicted octanol–water partition coefficient (Wildman–Crippen LogP) is 2.76. The Balaban J connectivity index is 1.63. The summed E-state index contributed by atoms with van der Waals surface area (Å²) in [4.78, 5) is 12.4. The number of carbonyl (C=O) groups is 1. The second-order valence-corrected chi connectivity index (χ2v) is 6.47.